The molecule has 2 N–H and O–H groups in total. The normalized spacial score (nSPS) is 11.5. The van der Waals surface area contributed by atoms with Crippen molar-refractivity contribution in [2.24, 2.45) is 5.73 Å². The van der Waals surface area contributed by atoms with Gasteiger partial charge in [-0.15, -0.1) is 0 Å². The predicted octanol–water partition coefficient (Wildman–Crippen LogP) is 2.88. The van der Waals surface area contributed by atoms with E-state index in [1.165, 1.54) is 6.26 Å². The lowest BCUT2D eigenvalue weighted by atomic mass is 10.0. The smallest absolute Gasteiger partial charge is 0.221 e. The number of primary amides is 1. The van der Waals surface area contributed by atoms with Gasteiger partial charge in [0.05, 0.1) is 6.42 Å². The standard InChI is InChI=1S/C20H20N2O3S/c1-14-17(13-18(21)23)19(15-9-5-3-6-10-15)20(26(2,24)25)22(14)16-11-7-4-8-12-16/h3-12H,13H2,1-2H3,(H2,21,23). The van der Waals surface area contributed by atoms with E-state index in [2.05, 4.69) is 0 Å². The van der Waals surface area contributed by atoms with E-state index >= 15 is 0 Å². The molecule has 1 aromatic heterocycles. The Morgan fingerprint density at radius 3 is 2.04 bits per heavy atom. The van der Waals surface area contributed by atoms with Gasteiger partial charge in [0.25, 0.3) is 0 Å². The highest BCUT2D eigenvalue weighted by Gasteiger charge is 2.29. The third-order valence-corrected chi connectivity index (χ3v) is 5.36. The van der Waals surface area contributed by atoms with Gasteiger partial charge >= 0.3 is 0 Å². The Bertz CT molecular complexity index is 1050. The Labute approximate surface area is 153 Å². The van der Waals surface area contributed by atoms with E-state index in [4.69, 9.17) is 5.73 Å². The molecule has 0 atom stereocenters. The number of nitrogens with two attached hydrogens (primary N) is 1. The summed E-state index contributed by atoms with van der Waals surface area (Å²) in [4.78, 5) is 11.7. The zero-order valence-electron chi connectivity index (χ0n) is 14.6. The number of sulfone groups is 1. The first kappa shape index (κ1) is 17.9. The molecule has 1 amide bonds. The number of para-hydroxylation sites is 1. The van der Waals surface area contributed by atoms with E-state index in [1.54, 1.807) is 4.57 Å². The average molecular weight is 368 g/mol. The van der Waals surface area contributed by atoms with Gasteiger partial charge in [0.2, 0.25) is 5.91 Å². The molecule has 0 aliphatic heterocycles. The Morgan fingerprint density at radius 2 is 1.54 bits per heavy atom. The lowest BCUT2D eigenvalue weighted by molar-refractivity contribution is -0.117. The van der Waals surface area contributed by atoms with Gasteiger partial charge in [-0.3, -0.25) is 4.79 Å². The van der Waals surface area contributed by atoms with Gasteiger partial charge in [-0.1, -0.05) is 48.5 Å². The summed E-state index contributed by atoms with van der Waals surface area (Å²) in [5, 5.41) is 0.170. The number of nitrogens with zero attached hydrogens (tertiary/aromatic N) is 1. The molecule has 0 saturated carbocycles. The molecule has 2 aromatic carbocycles. The summed E-state index contributed by atoms with van der Waals surface area (Å²) >= 11 is 0. The molecule has 1 heterocycles. The number of rotatable bonds is 5. The van der Waals surface area contributed by atoms with Crippen molar-refractivity contribution in [1.29, 1.82) is 0 Å². The van der Waals surface area contributed by atoms with Gasteiger partial charge in [0.15, 0.2) is 9.84 Å². The van der Waals surface area contributed by atoms with E-state index < -0.39 is 15.7 Å². The second-order valence-electron chi connectivity index (χ2n) is 6.20. The molecule has 3 rings (SSSR count). The summed E-state index contributed by atoms with van der Waals surface area (Å²) in [5.74, 6) is -0.504. The van der Waals surface area contributed by atoms with Crippen molar-refractivity contribution in [3.8, 4) is 16.8 Å². The van der Waals surface area contributed by atoms with Gasteiger partial charge < -0.3 is 10.3 Å². The van der Waals surface area contributed by atoms with Gasteiger partial charge in [-0.25, -0.2) is 8.42 Å². The second-order valence-corrected chi connectivity index (χ2v) is 8.13. The Morgan fingerprint density at radius 1 is 1.00 bits per heavy atom. The topological polar surface area (TPSA) is 82.2 Å². The van der Waals surface area contributed by atoms with Crippen LogP contribution in [-0.2, 0) is 21.1 Å². The number of hydrogen-bond acceptors (Lipinski definition) is 3. The van der Waals surface area contributed by atoms with Crippen molar-refractivity contribution in [3.05, 3.63) is 71.9 Å². The number of carbonyl (C=O) groups excluding carboxylic acids is 1. The molecule has 26 heavy (non-hydrogen) atoms. The number of aromatic nitrogens is 1. The van der Waals surface area contributed by atoms with Crippen LogP contribution in [0.4, 0.5) is 0 Å². The molecule has 0 saturated heterocycles. The summed E-state index contributed by atoms with van der Waals surface area (Å²) in [6, 6.07) is 18.4. The molecule has 5 nitrogen and oxygen atoms in total. The van der Waals surface area contributed by atoms with E-state index in [-0.39, 0.29) is 11.4 Å². The molecular weight excluding hydrogens is 348 g/mol. The molecule has 134 valence electrons. The van der Waals surface area contributed by atoms with Gasteiger partial charge in [-0.05, 0) is 30.2 Å². The van der Waals surface area contributed by atoms with Crippen molar-refractivity contribution in [3.63, 3.8) is 0 Å². The Hall–Kier alpha value is -2.86. The van der Waals surface area contributed by atoms with Gasteiger partial charge in [0, 0.05) is 23.2 Å². The minimum Gasteiger partial charge on any atom is -0.369 e. The zero-order valence-corrected chi connectivity index (χ0v) is 15.5. The molecule has 0 spiro atoms. The van der Waals surface area contributed by atoms with Gasteiger partial charge in [0.1, 0.15) is 5.03 Å². The van der Waals surface area contributed by atoms with Crippen LogP contribution >= 0.6 is 0 Å². The first-order valence-electron chi connectivity index (χ1n) is 8.14. The highest BCUT2D eigenvalue weighted by Crippen LogP contribution is 2.37. The summed E-state index contributed by atoms with van der Waals surface area (Å²) in [6.45, 7) is 1.81. The van der Waals surface area contributed by atoms with Crippen molar-refractivity contribution < 1.29 is 13.2 Å². The van der Waals surface area contributed by atoms with Crippen molar-refractivity contribution in [2.45, 2.75) is 18.4 Å². The van der Waals surface area contributed by atoms with Crippen LogP contribution in [0.2, 0.25) is 0 Å². The predicted molar refractivity (Wildman–Crippen MR) is 102 cm³/mol. The van der Waals surface area contributed by atoms with E-state index in [9.17, 15) is 13.2 Å². The number of hydrogen-bond donors (Lipinski definition) is 1. The molecule has 3 aromatic rings. The molecule has 0 bridgehead atoms. The van der Waals surface area contributed by atoms with Crippen LogP contribution in [-0.4, -0.2) is 25.1 Å². The molecular formula is C20H20N2O3S. The average Bonchev–Trinajstić information content (AvgIpc) is 2.89. The molecule has 0 radical (unpaired) electrons. The molecule has 0 aliphatic rings. The van der Waals surface area contributed by atoms with Gasteiger partial charge in [-0.2, -0.15) is 0 Å². The highest BCUT2D eigenvalue weighted by molar-refractivity contribution is 7.90. The van der Waals surface area contributed by atoms with Crippen LogP contribution in [0.1, 0.15) is 11.3 Å². The zero-order chi connectivity index (χ0) is 18.9. The summed E-state index contributed by atoms with van der Waals surface area (Å²) in [6.07, 6.45) is 1.15. The maximum atomic E-state index is 12.7. The maximum Gasteiger partial charge on any atom is 0.221 e. The van der Waals surface area contributed by atoms with Crippen molar-refractivity contribution in [2.75, 3.05) is 6.26 Å². The monoisotopic (exact) mass is 368 g/mol. The fourth-order valence-electron chi connectivity index (χ4n) is 3.24. The lowest BCUT2D eigenvalue weighted by Crippen LogP contribution is -2.14. The van der Waals surface area contributed by atoms with Crippen LogP contribution < -0.4 is 5.73 Å². The lowest BCUT2D eigenvalue weighted by Gasteiger charge is -2.11. The Kier molecular flexibility index (Phi) is 4.70. The molecule has 0 unspecified atom stereocenters. The van der Waals surface area contributed by atoms with Crippen LogP contribution in [0.15, 0.2) is 65.7 Å². The molecule has 0 aliphatic carbocycles. The third-order valence-electron chi connectivity index (χ3n) is 4.27. The van der Waals surface area contributed by atoms with E-state index in [0.717, 1.165) is 11.3 Å². The number of benzene rings is 2. The number of amides is 1. The molecule has 6 heteroatoms. The van der Waals surface area contributed by atoms with E-state index in [1.807, 2.05) is 67.6 Å². The second kappa shape index (κ2) is 6.80. The minimum absolute atomic E-state index is 0.0294. The SMILES string of the molecule is Cc1c(CC(N)=O)c(-c2ccccc2)c(S(C)(=O)=O)n1-c1ccccc1. The first-order valence-corrected chi connectivity index (χ1v) is 10.0. The van der Waals surface area contributed by atoms with Crippen LogP contribution in [0.25, 0.3) is 16.8 Å². The quantitative estimate of drug-likeness (QED) is 0.752. The fourth-order valence-corrected chi connectivity index (χ4v) is 4.43. The Balaban J connectivity index is 2.47. The number of carbonyl (C=O) groups is 1. The van der Waals surface area contributed by atoms with Crippen molar-refractivity contribution in [1.82, 2.24) is 4.57 Å². The largest absolute Gasteiger partial charge is 0.369 e. The van der Waals surface area contributed by atoms with Crippen molar-refractivity contribution >= 4 is 15.7 Å². The van der Waals surface area contributed by atoms with E-state index in [0.29, 0.717) is 16.8 Å². The highest BCUT2D eigenvalue weighted by atomic mass is 32.2. The van der Waals surface area contributed by atoms with Crippen LogP contribution in [0.5, 0.6) is 0 Å². The maximum absolute atomic E-state index is 12.7. The minimum atomic E-state index is -3.59. The fraction of sp³-hybridized carbons (Fsp3) is 0.150. The van der Waals surface area contributed by atoms with Crippen LogP contribution in [0.3, 0.4) is 0 Å². The summed E-state index contributed by atoms with van der Waals surface area (Å²) in [5.41, 5.74) is 8.77. The summed E-state index contributed by atoms with van der Waals surface area (Å²) in [7, 11) is -3.59. The third kappa shape index (κ3) is 3.28. The first-order chi connectivity index (χ1) is 12.3. The van der Waals surface area contributed by atoms with Crippen LogP contribution in [0, 0.1) is 6.92 Å². The summed E-state index contributed by atoms with van der Waals surface area (Å²) < 4.78 is 27.2. The molecule has 0 fully saturated rings.